The Balaban J connectivity index is 2.35. The second-order valence-electron chi connectivity index (χ2n) is 4.96. The molecule has 1 aliphatic carbocycles. The molecule has 0 bridgehead atoms. The van der Waals surface area contributed by atoms with Crippen LogP contribution >= 0.6 is 11.6 Å². The van der Waals surface area contributed by atoms with Crippen LogP contribution < -0.4 is 0 Å². The number of benzene rings is 1. The predicted molar refractivity (Wildman–Crippen MR) is 78.0 cm³/mol. The van der Waals surface area contributed by atoms with Crippen LogP contribution in [0.15, 0.2) is 23.1 Å². The van der Waals surface area contributed by atoms with Crippen LogP contribution in [0.25, 0.3) is 0 Å². The summed E-state index contributed by atoms with van der Waals surface area (Å²) in [5.41, 5.74) is 0.362. The zero-order valence-electron chi connectivity index (χ0n) is 11.3. The van der Waals surface area contributed by atoms with Gasteiger partial charge in [0.05, 0.1) is 16.7 Å². The zero-order chi connectivity index (χ0) is 14.8. The van der Waals surface area contributed by atoms with Gasteiger partial charge in [-0.2, -0.15) is 9.57 Å². The number of unbranched alkanes of at least 4 members (excludes halogenated alkanes) is 1. The van der Waals surface area contributed by atoms with Gasteiger partial charge in [0, 0.05) is 12.6 Å². The van der Waals surface area contributed by atoms with E-state index in [0.717, 1.165) is 25.7 Å². The first-order chi connectivity index (χ1) is 9.50. The summed E-state index contributed by atoms with van der Waals surface area (Å²) in [6.07, 6.45) is 3.61. The molecule has 108 valence electrons. The van der Waals surface area contributed by atoms with E-state index in [4.69, 9.17) is 16.9 Å². The van der Waals surface area contributed by atoms with Crippen molar-refractivity contribution < 1.29 is 8.42 Å². The van der Waals surface area contributed by atoms with Crippen LogP contribution in [0.1, 0.15) is 38.2 Å². The molecule has 20 heavy (non-hydrogen) atoms. The average molecular weight is 313 g/mol. The van der Waals surface area contributed by atoms with Crippen LogP contribution in [0.5, 0.6) is 0 Å². The highest BCUT2D eigenvalue weighted by Crippen LogP contribution is 2.34. The molecule has 0 unspecified atom stereocenters. The minimum absolute atomic E-state index is 0.0983. The lowest BCUT2D eigenvalue weighted by Crippen LogP contribution is -2.34. The average Bonchev–Trinajstić information content (AvgIpc) is 3.23. The Morgan fingerprint density at radius 3 is 2.65 bits per heavy atom. The van der Waals surface area contributed by atoms with E-state index in [1.807, 2.05) is 13.0 Å². The number of rotatable bonds is 6. The van der Waals surface area contributed by atoms with Gasteiger partial charge in [0.2, 0.25) is 10.0 Å². The fourth-order valence-electron chi connectivity index (χ4n) is 2.08. The number of nitriles is 1. The molecular formula is C14H17ClN2O2S. The van der Waals surface area contributed by atoms with Gasteiger partial charge in [0.15, 0.2) is 0 Å². The smallest absolute Gasteiger partial charge is 0.207 e. The number of halogens is 1. The second-order valence-corrected chi connectivity index (χ2v) is 7.22. The standard InChI is InChI=1S/C14H17ClN2O2S/c1-2-3-8-17(12-5-6-12)20(18,19)14-7-4-11(10-16)9-13(14)15/h4,7,9,12H,2-3,5-6,8H2,1H3. The number of hydrogen-bond acceptors (Lipinski definition) is 3. The number of nitrogens with zero attached hydrogens (tertiary/aromatic N) is 2. The van der Waals surface area contributed by atoms with Gasteiger partial charge in [0.1, 0.15) is 4.90 Å². The highest BCUT2D eigenvalue weighted by atomic mass is 35.5. The Morgan fingerprint density at radius 1 is 1.45 bits per heavy atom. The van der Waals surface area contributed by atoms with Gasteiger partial charge >= 0.3 is 0 Å². The summed E-state index contributed by atoms with van der Waals surface area (Å²) in [6.45, 7) is 2.56. The third-order valence-electron chi connectivity index (χ3n) is 3.33. The molecule has 2 rings (SSSR count). The van der Waals surface area contributed by atoms with Crippen LogP contribution in [0.2, 0.25) is 5.02 Å². The maximum absolute atomic E-state index is 12.7. The van der Waals surface area contributed by atoms with E-state index in [9.17, 15) is 8.42 Å². The lowest BCUT2D eigenvalue weighted by molar-refractivity contribution is 0.396. The van der Waals surface area contributed by atoms with E-state index in [1.54, 1.807) is 4.31 Å². The Bertz CT molecular complexity index is 633. The molecule has 0 radical (unpaired) electrons. The summed E-state index contributed by atoms with van der Waals surface area (Å²) in [6, 6.07) is 6.38. The van der Waals surface area contributed by atoms with Crippen molar-refractivity contribution in [2.45, 2.75) is 43.5 Å². The van der Waals surface area contributed by atoms with Gasteiger partial charge in [0.25, 0.3) is 0 Å². The Morgan fingerprint density at radius 2 is 2.15 bits per heavy atom. The molecule has 0 heterocycles. The molecular weight excluding hydrogens is 296 g/mol. The van der Waals surface area contributed by atoms with E-state index in [1.165, 1.54) is 18.2 Å². The van der Waals surface area contributed by atoms with Crippen LogP contribution in [-0.2, 0) is 10.0 Å². The van der Waals surface area contributed by atoms with Crippen molar-refractivity contribution in [1.29, 1.82) is 5.26 Å². The molecule has 6 heteroatoms. The van der Waals surface area contributed by atoms with Crippen molar-refractivity contribution in [2.75, 3.05) is 6.54 Å². The van der Waals surface area contributed by atoms with E-state index in [0.29, 0.717) is 12.1 Å². The van der Waals surface area contributed by atoms with Crippen molar-refractivity contribution in [3.05, 3.63) is 28.8 Å². The number of hydrogen-bond donors (Lipinski definition) is 0. The normalized spacial score (nSPS) is 15.3. The lowest BCUT2D eigenvalue weighted by atomic mass is 10.2. The van der Waals surface area contributed by atoms with Gasteiger partial charge in [-0.15, -0.1) is 0 Å². The van der Waals surface area contributed by atoms with Gasteiger partial charge in [-0.3, -0.25) is 0 Å². The summed E-state index contributed by atoms with van der Waals surface area (Å²) in [7, 11) is -3.57. The Labute approximate surface area is 125 Å². The van der Waals surface area contributed by atoms with E-state index >= 15 is 0 Å². The maximum atomic E-state index is 12.7. The first-order valence-electron chi connectivity index (χ1n) is 6.72. The molecule has 1 aliphatic rings. The summed E-state index contributed by atoms with van der Waals surface area (Å²) in [5, 5.41) is 8.93. The van der Waals surface area contributed by atoms with Crippen molar-refractivity contribution in [2.24, 2.45) is 0 Å². The zero-order valence-corrected chi connectivity index (χ0v) is 12.9. The molecule has 1 saturated carbocycles. The summed E-state index contributed by atoms with van der Waals surface area (Å²) in [4.78, 5) is 0.0983. The minimum Gasteiger partial charge on any atom is -0.207 e. The van der Waals surface area contributed by atoms with Crippen LogP contribution in [-0.4, -0.2) is 25.3 Å². The molecule has 0 amide bonds. The number of sulfonamides is 1. The van der Waals surface area contributed by atoms with Gasteiger partial charge < -0.3 is 0 Å². The van der Waals surface area contributed by atoms with Crippen LogP contribution in [0.3, 0.4) is 0 Å². The molecule has 1 aromatic rings. The van der Waals surface area contributed by atoms with Gasteiger partial charge in [-0.1, -0.05) is 24.9 Å². The highest BCUT2D eigenvalue weighted by molar-refractivity contribution is 7.89. The minimum atomic E-state index is -3.57. The molecule has 1 fully saturated rings. The molecule has 4 nitrogen and oxygen atoms in total. The predicted octanol–water partition coefficient (Wildman–Crippen LogP) is 3.16. The van der Waals surface area contributed by atoms with Crippen molar-refractivity contribution in [3.8, 4) is 6.07 Å². The molecule has 0 saturated heterocycles. The van der Waals surface area contributed by atoms with E-state index in [-0.39, 0.29) is 16.0 Å². The third-order valence-corrected chi connectivity index (χ3v) is 5.77. The first kappa shape index (κ1) is 15.3. The van der Waals surface area contributed by atoms with E-state index < -0.39 is 10.0 Å². The Hall–Kier alpha value is -1.09. The topological polar surface area (TPSA) is 61.2 Å². The largest absolute Gasteiger partial charge is 0.244 e. The monoisotopic (exact) mass is 312 g/mol. The molecule has 0 N–H and O–H groups in total. The molecule has 0 aromatic heterocycles. The summed E-state index contributed by atoms with van der Waals surface area (Å²) >= 11 is 6.04. The molecule has 0 aliphatic heterocycles. The maximum Gasteiger partial charge on any atom is 0.244 e. The molecule has 0 atom stereocenters. The highest BCUT2D eigenvalue weighted by Gasteiger charge is 2.38. The summed E-state index contributed by atoms with van der Waals surface area (Å²) < 4.78 is 27.0. The van der Waals surface area contributed by atoms with Crippen LogP contribution in [0, 0.1) is 11.3 Å². The van der Waals surface area contributed by atoms with Crippen molar-refractivity contribution in [3.63, 3.8) is 0 Å². The fourth-order valence-corrected chi connectivity index (χ4v) is 4.33. The first-order valence-corrected chi connectivity index (χ1v) is 8.54. The van der Waals surface area contributed by atoms with Gasteiger partial charge in [-0.05, 0) is 37.5 Å². The van der Waals surface area contributed by atoms with Crippen molar-refractivity contribution >= 4 is 21.6 Å². The second kappa shape index (κ2) is 6.13. The third kappa shape index (κ3) is 3.14. The molecule has 1 aromatic carbocycles. The summed E-state index contributed by atoms with van der Waals surface area (Å²) in [5.74, 6) is 0. The van der Waals surface area contributed by atoms with Gasteiger partial charge in [-0.25, -0.2) is 8.42 Å². The quantitative estimate of drug-likeness (QED) is 0.810. The van der Waals surface area contributed by atoms with E-state index in [2.05, 4.69) is 0 Å². The fraction of sp³-hybridized carbons (Fsp3) is 0.500. The van der Waals surface area contributed by atoms with Crippen molar-refractivity contribution in [1.82, 2.24) is 4.31 Å². The Kier molecular flexibility index (Phi) is 4.69. The molecule has 0 spiro atoms. The SMILES string of the molecule is CCCCN(C1CC1)S(=O)(=O)c1ccc(C#N)cc1Cl. The lowest BCUT2D eigenvalue weighted by Gasteiger charge is -2.22. The van der Waals surface area contributed by atoms with Crippen LogP contribution in [0.4, 0.5) is 0 Å².